The minimum Gasteiger partial charge on any atom is -0.370 e. The molecule has 21 heavy (non-hydrogen) atoms. The molecule has 5 nitrogen and oxygen atoms in total. The Morgan fingerprint density at radius 3 is 2.62 bits per heavy atom. The van der Waals surface area contributed by atoms with Crippen molar-refractivity contribution in [3.05, 3.63) is 11.7 Å². The molecule has 1 saturated carbocycles. The third-order valence-corrected chi connectivity index (χ3v) is 5.30. The molecule has 0 radical (unpaired) electrons. The van der Waals surface area contributed by atoms with E-state index in [1.807, 2.05) is 0 Å². The van der Waals surface area contributed by atoms with Crippen LogP contribution in [-0.4, -0.2) is 30.3 Å². The average molecular weight is 293 g/mol. The van der Waals surface area contributed by atoms with Gasteiger partial charge in [0.05, 0.1) is 5.92 Å². The molecule has 0 aromatic carbocycles. The lowest BCUT2D eigenvalue weighted by molar-refractivity contribution is -0.0740. The van der Waals surface area contributed by atoms with Crippen LogP contribution in [0.4, 0.5) is 0 Å². The molecule has 1 N–H and O–H groups in total. The lowest BCUT2D eigenvalue weighted by Gasteiger charge is -2.40. The Bertz CT molecular complexity index is 468. The van der Waals surface area contributed by atoms with Gasteiger partial charge in [0.2, 0.25) is 11.7 Å². The van der Waals surface area contributed by atoms with E-state index in [9.17, 15) is 0 Å². The zero-order chi connectivity index (χ0) is 14.9. The summed E-state index contributed by atoms with van der Waals surface area (Å²) < 4.78 is 11.4. The maximum atomic E-state index is 5.86. The molecule has 1 atom stereocenters. The SMILES string of the molecule is COC1(c2noc([C@H]3CCCNC3)n2)CCC(C)(C)CC1. The highest BCUT2D eigenvalue weighted by Crippen LogP contribution is 2.46. The summed E-state index contributed by atoms with van der Waals surface area (Å²) in [5, 5.41) is 7.66. The Kier molecular flexibility index (Phi) is 4.06. The van der Waals surface area contributed by atoms with Crippen molar-refractivity contribution in [2.75, 3.05) is 20.2 Å². The van der Waals surface area contributed by atoms with Crippen LogP contribution in [0.5, 0.6) is 0 Å². The zero-order valence-corrected chi connectivity index (χ0v) is 13.4. The van der Waals surface area contributed by atoms with Crippen LogP contribution in [0, 0.1) is 5.41 Å². The van der Waals surface area contributed by atoms with E-state index < -0.39 is 0 Å². The van der Waals surface area contributed by atoms with Gasteiger partial charge in [0.25, 0.3) is 0 Å². The summed E-state index contributed by atoms with van der Waals surface area (Å²) in [7, 11) is 1.77. The van der Waals surface area contributed by atoms with E-state index >= 15 is 0 Å². The van der Waals surface area contributed by atoms with Crippen molar-refractivity contribution in [1.82, 2.24) is 15.5 Å². The van der Waals surface area contributed by atoms with Crippen molar-refractivity contribution in [1.29, 1.82) is 0 Å². The van der Waals surface area contributed by atoms with E-state index in [0.717, 1.165) is 56.9 Å². The van der Waals surface area contributed by atoms with Crippen LogP contribution in [0.1, 0.15) is 70.0 Å². The van der Waals surface area contributed by atoms with Crippen LogP contribution >= 0.6 is 0 Å². The zero-order valence-electron chi connectivity index (χ0n) is 13.4. The van der Waals surface area contributed by atoms with Crippen molar-refractivity contribution < 1.29 is 9.26 Å². The molecule has 0 amide bonds. The summed E-state index contributed by atoms with van der Waals surface area (Å²) >= 11 is 0. The maximum absolute atomic E-state index is 5.86. The van der Waals surface area contributed by atoms with Crippen molar-refractivity contribution in [2.45, 2.75) is 63.9 Å². The van der Waals surface area contributed by atoms with Gasteiger partial charge in [-0.15, -0.1) is 0 Å². The fourth-order valence-corrected chi connectivity index (χ4v) is 3.50. The summed E-state index contributed by atoms with van der Waals surface area (Å²) in [6.45, 7) is 6.67. The van der Waals surface area contributed by atoms with E-state index in [2.05, 4.69) is 24.3 Å². The number of ether oxygens (including phenoxy) is 1. The second kappa shape index (κ2) is 5.69. The first-order valence-corrected chi connectivity index (χ1v) is 8.15. The minimum atomic E-state index is -0.348. The predicted molar refractivity (Wildman–Crippen MR) is 80.1 cm³/mol. The quantitative estimate of drug-likeness (QED) is 0.928. The molecule has 5 heteroatoms. The molecule has 1 aromatic rings. The van der Waals surface area contributed by atoms with Gasteiger partial charge in [-0.1, -0.05) is 19.0 Å². The molecule has 0 spiro atoms. The van der Waals surface area contributed by atoms with Crippen molar-refractivity contribution in [3.8, 4) is 0 Å². The van der Waals surface area contributed by atoms with Crippen LogP contribution in [0.25, 0.3) is 0 Å². The van der Waals surface area contributed by atoms with Crippen molar-refractivity contribution >= 4 is 0 Å². The van der Waals surface area contributed by atoms with Gasteiger partial charge >= 0.3 is 0 Å². The summed E-state index contributed by atoms with van der Waals surface area (Å²) in [4.78, 5) is 4.71. The molecular formula is C16H27N3O2. The maximum Gasteiger partial charge on any atom is 0.231 e. The lowest BCUT2D eigenvalue weighted by Crippen LogP contribution is -2.37. The van der Waals surface area contributed by atoms with Gasteiger partial charge in [0.1, 0.15) is 5.60 Å². The number of piperidine rings is 1. The molecule has 0 unspecified atom stereocenters. The van der Waals surface area contributed by atoms with Gasteiger partial charge in [-0.25, -0.2) is 0 Å². The van der Waals surface area contributed by atoms with Crippen molar-refractivity contribution in [3.63, 3.8) is 0 Å². The van der Waals surface area contributed by atoms with Gasteiger partial charge in [0, 0.05) is 13.7 Å². The summed E-state index contributed by atoms with van der Waals surface area (Å²) in [6, 6.07) is 0. The molecule has 3 rings (SSSR count). The van der Waals surface area contributed by atoms with Crippen LogP contribution in [0.3, 0.4) is 0 Å². The molecule has 1 aliphatic carbocycles. The number of hydrogen-bond donors (Lipinski definition) is 1. The average Bonchev–Trinajstić information content (AvgIpc) is 2.99. The Hall–Kier alpha value is -0.940. The predicted octanol–water partition coefficient (Wildman–Crippen LogP) is 2.98. The highest BCUT2D eigenvalue weighted by atomic mass is 16.5. The van der Waals surface area contributed by atoms with Gasteiger partial charge in [0.15, 0.2) is 0 Å². The van der Waals surface area contributed by atoms with Crippen LogP contribution < -0.4 is 5.32 Å². The topological polar surface area (TPSA) is 60.2 Å². The number of methoxy groups -OCH3 is 1. The highest BCUT2D eigenvalue weighted by Gasteiger charge is 2.43. The summed E-state index contributed by atoms with van der Waals surface area (Å²) in [5.74, 6) is 1.88. The van der Waals surface area contributed by atoms with Gasteiger partial charge in [-0.3, -0.25) is 0 Å². The van der Waals surface area contributed by atoms with E-state index in [1.165, 1.54) is 6.42 Å². The molecule has 1 saturated heterocycles. The smallest absolute Gasteiger partial charge is 0.231 e. The molecule has 1 aromatic heterocycles. The van der Waals surface area contributed by atoms with E-state index in [0.29, 0.717) is 11.3 Å². The normalized spacial score (nSPS) is 28.4. The number of aromatic nitrogens is 2. The largest absolute Gasteiger partial charge is 0.370 e. The third kappa shape index (κ3) is 2.99. The molecule has 2 heterocycles. The van der Waals surface area contributed by atoms with E-state index in [1.54, 1.807) is 7.11 Å². The number of hydrogen-bond acceptors (Lipinski definition) is 5. The van der Waals surface area contributed by atoms with Gasteiger partial charge in [-0.05, 0) is 50.5 Å². The second-order valence-electron chi connectivity index (χ2n) is 7.36. The molecular weight excluding hydrogens is 266 g/mol. The molecule has 118 valence electrons. The van der Waals surface area contributed by atoms with Crippen LogP contribution in [0.15, 0.2) is 4.52 Å². The minimum absolute atomic E-state index is 0.348. The summed E-state index contributed by atoms with van der Waals surface area (Å²) in [5.41, 5.74) is 0.0429. The Morgan fingerprint density at radius 1 is 1.24 bits per heavy atom. The molecule has 2 aliphatic rings. The standard InChI is InChI=1S/C16H27N3O2/c1-15(2)6-8-16(20-3,9-7-15)14-18-13(21-19-14)12-5-4-10-17-11-12/h12,17H,4-11H2,1-3H3/t12-/m0/s1. The van der Waals surface area contributed by atoms with Crippen LogP contribution in [0.2, 0.25) is 0 Å². The highest BCUT2D eigenvalue weighted by molar-refractivity contribution is 5.07. The Balaban J connectivity index is 1.77. The fraction of sp³-hybridized carbons (Fsp3) is 0.875. The number of nitrogens with zero attached hydrogens (tertiary/aromatic N) is 2. The van der Waals surface area contributed by atoms with Crippen molar-refractivity contribution in [2.24, 2.45) is 5.41 Å². The Labute approximate surface area is 126 Å². The number of nitrogens with one attached hydrogen (secondary N) is 1. The number of rotatable bonds is 3. The van der Waals surface area contributed by atoms with Gasteiger partial charge in [-0.2, -0.15) is 4.98 Å². The molecule has 2 fully saturated rings. The molecule has 1 aliphatic heterocycles. The second-order valence-corrected chi connectivity index (χ2v) is 7.36. The Morgan fingerprint density at radius 2 is 2.00 bits per heavy atom. The van der Waals surface area contributed by atoms with Gasteiger partial charge < -0.3 is 14.6 Å². The first-order chi connectivity index (χ1) is 10.0. The molecule has 0 bridgehead atoms. The summed E-state index contributed by atoms with van der Waals surface area (Å²) in [6.07, 6.45) is 6.51. The lowest BCUT2D eigenvalue weighted by atomic mass is 9.70. The first kappa shape index (κ1) is 15.0. The monoisotopic (exact) mass is 293 g/mol. The van der Waals surface area contributed by atoms with E-state index in [-0.39, 0.29) is 5.60 Å². The van der Waals surface area contributed by atoms with E-state index in [4.69, 9.17) is 14.2 Å². The fourth-order valence-electron chi connectivity index (χ4n) is 3.50. The third-order valence-electron chi connectivity index (χ3n) is 5.30. The first-order valence-electron chi connectivity index (χ1n) is 8.15. The van der Waals surface area contributed by atoms with Crippen LogP contribution in [-0.2, 0) is 10.3 Å².